The minimum absolute atomic E-state index is 0.614. The maximum absolute atomic E-state index is 5.38. The molecule has 23 heavy (non-hydrogen) atoms. The maximum atomic E-state index is 5.38. The highest BCUT2D eigenvalue weighted by molar-refractivity contribution is 5.66. The van der Waals surface area contributed by atoms with E-state index in [1.807, 2.05) is 31.3 Å². The molecule has 0 heterocycles. The summed E-state index contributed by atoms with van der Waals surface area (Å²) < 4.78 is 16.1. The number of anilines is 1. The van der Waals surface area contributed by atoms with Crippen LogP contribution in [-0.2, 0) is 6.42 Å². The van der Waals surface area contributed by atoms with Gasteiger partial charge in [0.15, 0.2) is 11.5 Å². The Labute approximate surface area is 137 Å². The van der Waals surface area contributed by atoms with Gasteiger partial charge < -0.3 is 19.5 Å². The molecular formula is C19H23NO3. The fraction of sp³-hybridized carbons (Fsp3) is 0.263. The molecular weight excluding hydrogens is 290 g/mol. The second kappa shape index (κ2) is 8.13. The Morgan fingerprint density at radius 3 is 2.17 bits per heavy atom. The predicted molar refractivity (Wildman–Crippen MR) is 94.8 cm³/mol. The van der Waals surface area contributed by atoms with E-state index in [4.69, 9.17) is 14.2 Å². The van der Waals surface area contributed by atoms with Crippen LogP contribution in [0.2, 0.25) is 0 Å². The number of benzene rings is 2. The van der Waals surface area contributed by atoms with E-state index in [-0.39, 0.29) is 0 Å². The Bertz CT molecular complexity index is 655. The maximum Gasteiger partial charge on any atom is 0.203 e. The van der Waals surface area contributed by atoms with Gasteiger partial charge in [0.25, 0.3) is 0 Å². The Morgan fingerprint density at radius 2 is 1.61 bits per heavy atom. The van der Waals surface area contributed by atoms with Crippen LogP contribution in [0.25, 0.3) is 6.08 Å². The van der Waals surface area contributed by atoms with Crippen molar-refractivity contribution < 1.29 is 14.2 Å². The highest BCUT2D eigenvalue weighted by Gasteiger charge is 2.12. The normalized spacial score (nSPS) is 10.6. The highest BCUT2D eigenvalue weighted by atomic mass is 16.5. The number of hydrogen-bond donors (Lipinski definition) is 1. The van der Waals surface area contributed by atoms with Gasteiger partial charge in [-0.25, -0.2) is 0 Å². The molecule has 2 rings (SSSR count). The van der Waals surface area contributed by atoms with Gasteiger partial charge in [-0.05, 0) is 35.7 Å². The number of ether oxygens (including phenoxy) is 3. The zero-order chi connectivity index (χ0) is 16.7. The van der Waals surface area contributed by atoms with Crippen LogP contribution in [0, 0.1) is 0 Å². The summed E-state index contributed by atoms with van der Waals surface area (Å²) in [5.41, 5.74) is 3.36. The molecule has 0 aromatic heterocycles. The third-order valence-corrected chi connectivity index (χ3v) is 3.61. The van der Waals surface area contributed by atoms with E-state index < -0.39 is 0 Å². The summed E-state index contributed by atoms with van der Waals surface area (Å²) in [5.74, 6) is 1.96. The Balaban J connectivity index is 2.21. The Hall–Kier alpha value is -2.62. The fourth-order valence-corrected chi connectivity index (χ4v) is 2.45. The number of rotatable bonds is 7. The minimum Gasteiger partial charge on any atom is -0.493 e. The standard InChI is InChI=1S/C19H23NO3/c1-20-16-11-6-5-9-15(16)10-7-8-14-12-17(21-2)19(23-4)18(13-14)22-3/h5-7,9-13,20H,8H2,1-4H3/b10-7+. The molecule has 4 heteroatoms. The molecule has 0 bridgehead atoms. The van der Waals surface area contributed by atoms with Crippen molar-refractivity contribution in [2.24, 2.45) is 0 Å². The van der Waals surface area contributed by atoms with E-state index in [0.29, 0.717) is 17.2 Å². The van der Waals surface area contributed by atoms with Gasteiger partial charge in [0.05, 0.1) is 21.3 Å². The first kappa shape index (κ1) is 16.7. The van der Waals surface area contributed by atoms with Crippen molar-refractivity contribution >= 4 is 11.8 Å². The summed E-state index contributed by atoms with van der Waals surface area (Å²) in [4.78, 5) is 0. The Kier molecular flexibility index (Phi) is 5.92. The lowest BCUT2D eigenvalue weighted by Crippen LogP contribution is -1.96. The van der Waals surface area contributed by atoms with Crippen LogP contribution in [-0.4, -0.2) is 28.4 Å². The first-order chi connectivity index (χ1) is 11.2. The van der Waals surface area contributed by atoms with Gasteiger partial charge in [0.1, 0.15) is 0 Å². The zero-order valence-electron chi connectivity index (χ0n) is 14.1. The molecule has 0 saturated carbocycles. The van der Waals surface area contributed by atoms with Crippen LogP contribution in [0.5, 0.6) is 17.2 Å². The second-order valence-corrected chi connectivity index (χ2v) is 4.98. The van der Waals surface area contributed by atoms with E-state index in [0.717, 1.165) is 23.2 Å². The molecule has 0 spiro atoms. The van der Waals surface area contributed by atoms with Crippen LogP contribution in [0.1, 0.15) is 11.1 Å². The van der Waals surface area contributed by atoms with E-state index in [1.165, 1.54) is 0 Å². The smallest absolute Gasteiger partial charge is 0.203 e. The van der Waals surface area contributed by atoms with Crippen LogP contribution in [0.4, 0.5) is 5.69 Å². The second-order valence-electron chi connectivity index (χ2n) is 4.98. The first-order valence-electron chi connectivity index (χ1n) is 7.45. The van der Waals surface area contributed by atoms with Crippen molar-refractivity contribution in [1.82, 2.24) is 0 Å². The summed E-state index contributed by atoms with van der Waals surface area (Å²) in [6.07, 6.45) is 5.00. The van der Waals surface area contributed by atoms with E-state index in [9.17, 15) is 0 Å². The topological polar surface area (TPSA) is 39.7 Å². The van der Waals surface area contributed by atoms with Crippen molar-refractivity contribution in [2.75, 3.05) is 33.7 Å². The van der Waals surface area contributed by atoms with Gasteiger partial charge in [-0.3, -0.25) is 0 Å². The Morgan fingerprint density at radius 1 is 0.957 bits per heavy atom. The zero-order valence-corrected chi connectivity index (χ0v) is 14.1. The molecule has 1 N–H and O–H groups in total. The monoisotopic (exact) mass is 313 g/mol. The van der Waals surface area contributed by atoms with Gasteiger partial charge in [-0.2, -0.15) is 0 Å². The van der Waals surface area contributed by atoms with Crippen molar-refractivity contribution in [3.63, 3.8) is 0 Å². The third kappa shape index (κ3) is 3.97. The quantitative estimate of drug-likeness (QED) is 0.838. The SMILES string of the molecule is CNc1ccccc1/C=C/Cc1cc(OC)c(OC)c(OC)c1. The summed E-state index contributed by atoms with van der Waals surface area (Å²) in [5, 5.41) is 3.19. The molecule has 0 unspecified atom stereocenters. The van der Waals surface area contributed by atoms with Gasteiger partial charge in [0.2, 0.25) is 5.75 Å². The highest BCUT2D eigenvalue weighted by Crippen LogP contribution is 2.38. The van der Waals surface area contributed by atoms with Gasteiger partial charge in [0, 0.05) is 12.7 Å². The molecule has 0 fully saturated rings. The number of para-hydroxylation sites is 1. The van der Waals surface area contributed by atoms with Crippen LogP contribution in [0.3, 0.4) is 0 Å². The summed E-state index contributed by atoms with van der Waals surface area (Å²) >= 11 is 0. The molecule has 122 valence electrons. The first-order valence-corrected chi connectivity index (χ1v) is 7.45. The van der Waals surface area contributed by atoms with Crippen molar-refractivity contribution in [3.05, 3.63) is 53.6 Å². The number of nitrogens with one attached hydrogen (secondary N) is 1. The van der Waals surface area contributed by atoms with Gasteiger partial charge in [-0.1, -0.05) is 30.4 Å². The molecule has 0 aliphatic heterocycles. The number of methoxy groups -OCH3 is 3. The van der Waals surface area contributed by atoms with E-state index in [1.54, 1.807) is 21.3 Å². The van der Waals surface area contributed by atoms with Crippen LogP contribution < -0.4 is 19.5 Å². The molecule has 2 aromatic rings. The van der Waals surface area contributed by atoms with Crippen molar-refractivity contribution in [2.45, 2.75) is 6.42 Å². The van der Waals surface area contributed by atoms with Crippen LogP contribution >= 0.6 is 0 Å². The average Bonchev–Trinajstić information content (AvgIpc) is 2.61. The van der Waals surface area contributed by atoms with E-state index in [2.05, 4.69) is 29.6 Å². The molecule has 0 aliphatic rings. The van der Waals surface area contributed by atoms with E-state index >= 15 is 0 Å². The van der Waals surface area contributed by atoms with Gasteiger partial charge in [-0.15, -0.1) is 0 Å². The molecule has 4 nitrogen and oxygen atoms in total. The molecule has 0 amide bonds. The van der Waals surface area contributed by atoms with Gasteiger partial charge >= 0.3 is 0 Å². The summed E-state index contributed by atoms with van der Waals surface area (Å²) in [6, 6.07) is 12.1. The van der Waals surface area contributed by atoms with Crippen LogP contribution in [0.15, 0.2) is 42.5 Å². The number of allylic oxidation sites excluding steroid dienone is 1. The molecule has 0 aliphatic carbocycles. The average molecular weight is 313 g/mol. The lowest BCUT2D eigenvalue weighted by atomic mass is 10.1. The molecule has 0 saturated heterocycles. The molecule has 0 radical (unpaired) electrons. The summed E-state index contributed by atoms with van der Waals surface area (Å²) in [7, 11) is 6.78. The minimum atomic E-state index is 0.614. The lowest BCUT2D eigenvalue weighted by molar-refractivity contribution is 0.324. The third-order valence-electron chi connectivity index (χ3n) is 3.61. The fourth-order valence-electron chi connectivity index (χ4n) is 2.45. The predicted octanol–water partition coefficient (Wildman–Crippen LogP) is 4.01. The summed E-state index contributed by atoms with van der Waals surface area (Å²) in [6.45, 7) is 0. The molecule has 0 atom stereocenters. The largest absolute Gasteiger partial charge is 0.493 e. The lowest BCUT2D eigenvalue weighted by Gasteiger charge is -2.13. The van der Waals surface area contributed by atoms with Crippen molar-refractivity contribution in [1.29, 1.82) is 0 Å². The molecule has 2 aromatic carbocycles. The van der Waals surface area contributed by atoms with Crippen molar-refractivity contribution in [3.8, 4) is 17.2 Å². The number of hydrogen-bond acceptors (Lipinski definition) is 4.